The molecule has 0 saturated heterocycles. The fraction of sp³-hybridized carbons (Fsp3) is 0.600. The summed E-state index contributed by atoms with van der Waals surface area (Å²) in [5.41, 5.74) is 2.50. The van der Waals surface area contributed by atoms with Crippen LogP contribution in [-0.4, -0.2) is 30.5 Å². The zero-order valence-corrected chi connectivity index (χ0v) is 11.8. The first-order valence-corrected chi connectivity index (χ1v) is 6.58. The van der Waals surface area contributed by atoms with Crippen molar-refractivity contribution < 1.29 is 9.84 Å². The summed E-state index contributed by atoms with van der Waals surface area (Å²) >= 11 is 0. The van der Waals surface area contributed by atoms with Gasteiger partial charge in [0, 0.05) is 12.6 Å². The largest absolute Gasteiger partial charge is 0.389 e. The van der Waals surface area contributed by atoms with Crippen LogP contribution in [0, 0.1) is 6.92 Å². The van der Waals surface area contributed by atoms with Gasteiger partial charge in [0.1, 0.15) is 0 Å². The third kappa shape index (κ3) is 5.63. The molecule has 18 heavy (non-hydrogen) atoms. The number of aliphatic hydroxyl groups is 1. The second-order valence-corrected chi connectivity index (χ2v) is 5.08. The first kappa shape index (κ1) is 15.2. The topological polar surface area (TPSA) is 41.5 Å². The molecule has 0 aliphatic carbocycles. The lowest BCUT2D eigenvalue weighted by Gasteiger charge is -2.18. The van der Waals surface area contributed by atoms with Crippen molar-refractivity contribution >= 4 is 0 Å². The van der Waals surface area contributed by atoms with Gasteiger partial charge in [-0.3, -0.25) is 0 Å². The van der Waals surface area contributed by atoms with Crippen LogP contribution in [0.25, 0.3) is 0 Å². The third-order valence-electron chi connectivity index (χ3n) is 2.82. The number of rotatable bonds is 7. The molecule has 0 heterocycles. The van der Waals surface area contributed by atoms with Gasteiger partial charge in [0.2, 0.25) is 0 Å². The Bertz CT molecular complexity index is 352. The van der Waals surface area contributed by atoms with Gasteiger partial charge in [0.05, 0.1) is 18.8 Å². The molecule has 0 spiro atoms. The Morgan fingerprint density at radius 3 is 2.61 bits per heavy atom. The maximum absolute atomic E-state index is 9.76. The smallest absolute Gasteiger partial charge is 0.0898 e. The number of ether oxygens (including phenoxy) is 1. The van der Waals surface area contributed by atoms with Crippen LogP contribution in [-0.2, 0) is 4.74 Å². The minimum absolute atomic E-state index is 0.161. The van der Waals surface area contributed by atoms with Crippen molar-refractivity contribution in [1.29, 1.82) is 0 Å². The molecule has 1 aromatic carbocycles. The molecular formula is C15H25NO2. The first-order chi connectivity index (χ1) is 8.49. The summed E-state index contributed by atoms with van der Waals surface area (Å²) in [6.07, 6.45) is -0.298. The van der Waals surface area contributed by atoms with Crippen molar-refractivity contribution in [3.05, 3.63) is 35.4 Å². The predicted molar refractivity (Wildman–Crippen MR) is 74.7 cm³/mol. The molecule has 1 rings (SSSR count). The van der Waals surface area contributed by atoms with Crippen LogP contribution in [0.1, 0.15) is 37.9 Å². The highest BCUT2D eigenvalue weighted by atomic mass is 16.5. The molecule has 0 amide bonds. The third-order valence-corrected chi connectivity index (χ3v) is 2.82. The molecule has 1 unspecified atom stereocenters. The van der Waals surface area contributed by atoms with Crippen molar-refractivity contribution in [2.75, 3.05) is 13.2 Å². The van der Waals surface area contributed by atoms with Gasteiger partial charge in [0.25, 0.3) is 0 Å². The summed E-state index contributed by atoms with van der Waals surface area (Å²) in [5, 5.41) is 13.1. The van der Waals surface area contributed by atoms with Crippen LogP contribution in [0.3, 0.4) is 0 Å². The zero-order chi connectivity index (χ0) is 13.5. The molecule has 0 radical (unpaired) electrons. The molecule has 0 bridgehead atoms. The van der Waals surface area contributed by atoms with E-state index in [9.17, 15) is 5.11 Å². The molecule has 0 aromatic heterocycles. The molecule has 3 nitrogen and oxygen atoms in total. The number of nitrogens with one attached hydrogen (secondary N) is 1. The normalized spacial score (nSPS) is 14.8. The highest BCUT2D eigenvalue weighted by Crippen LogP contribution is 2.13. The Balaban J connectivity index is 2.34. The number of hydrogen-bond donors (Lipinski definition) is 2. The molecule has 0 fully saturated rings. The van der Waals surface area contributed by atoms with E-state index in [1.54, 1.807) is 0 Å². The van der Waals surface area contributed by atoms with Gasteiger partial charge >= 0.3 is 0 Å². The van der Waals surface area contributed by atoms with Crippen LogP contribution in [0.5, 0.6) is 0 Å². The molecule has 0 aliphatic rings. The molecule has 3 heteroatoms. The van der Waals surface area contributed by atoms with E-state index in [2.05, 4.69) is 43.4 Å². The Hall–Kier alpha value is -0.900. The number of aliphatic hydroxyl groups excluding tert-OH is 1. The Kier molecular flexibility index (Phi) is 6.33. The molecule has 2 atom stereocenters. The van der Waals surface area contributed by atoms with Crippen LogP contribution in [0.15, 0.2) is 24.3 Å². The van der Waals surface area contributed by atoms with Gasteiger partial charge in [-0.05, 0) is 33.3 Å². The summed E-state index contributed by atoms with van der Waals surface area (Å²) in [7, 11) is 0. The fourth-order valence-corrected chi connectivity index (χ4v) is 1.73. The summed E-state index contributed by atoms with van der Waals surface area (Å²) < 4.78 is 5.37. The lowest BCUT2D eigenvalue weighted by atomic mass is 10.1. The van der Waals surface area contributed by atoms with Gasteiger partial charge < -0.3 is 15.2 Å². The van der Waals surface area contributed by atoms with E-state index in [1.165, 1.54) is 11.1 Å². The average Bonchev–Trinajstić information content (AvgIpc) is 2.33. The van der Waals surface area contributed by atoms with Crippen molar-refractivity contribution in [3.63, 3.8) is 0 Å². The van der Waals surface area contributed by atoms with Gasteiger partial charge in [-0.15, -0.1) is 0 Å². The molecule has 0 aliphatic heterocycles. The molecule has 102 valence electrons. The summed E-state index contributed by atoms with van der Waals surface area (Å²) in [5.74, 6) is 0. The fourth-order valence-electron chi connectivity index (χ4n) is 1.73. The second-order valence-electron chi connectivity index (χ2n) is 5.08. The number of benzene rings is 1. The van der Waals surface area contributed by atoms with Gasteiger partial charge in [-0.1, -0.05) is 29.8 Å². The minimum Gasteiger partial charge on any atom is -0.389 e. The maximum atomic E-state index is 9.76. The van der Waals surface area contributed by atoms with Crippen LogP contribution < -0.4 is 5.32 Å². The lowest BCUT2D eigenvalue weighted by Crippen LogP contribution is -2.32. The number of hydrogen-bond acceptors (Lipinski definition) is 3. The van der Waals surface area contributed by atoms with Gasteiger partial charge in [-0.2, -0.15) is 0 Å². The van der Waals surface area contributed by atoms with E-state index in [1.807, 2.05) is 13.8 Å². The van der Waals surface area contributed by atoms with Crippen LogP contribution in [0.4, 0.5) is 0 Å². The number of aryl methyl sites for hydroxylation is 1. The van der Waals surface area contributed by atoms with E-state index in [4.69, 9.17) is 4.74 Å². The van der Waals surface area contributed by atoms with Gasteiger partial charge in [0.15, 0.2) is 0 Å². The highest BCUT2D eigenvalue weighted by molar-refractivity contribution is 5.24. The standard InChI is InChI=1S/C15H25NO2/c1-11(2)18-10-15(17)9-16-13(4)14-7-5-6-12(3)8-14/h5-8,11,13,15-17H,9-10H2,1-4H3/t13-,15?/m1/s1. The SMILES string of the molecule is Cc1cccc([C@@H](C)NCC(O)COC(C)C)c1. The van der Waals surface area contributed by atoms with E-state index >= 15 is 0 Å². The summed E-state index contributed by atoms with van der Waals surface area (Å²) in [4.78, 5) is 0. The zero-order valence-electron chi connectivity index (χ0n) is 11.8. The Labute approximate surface area is 110 Å². The quantitative estimate of drug-likeness (QED) is 0.782. The molecular weight excluding hydrogens is 226 g/mol. The average molecular weight is 251 g/mol. The van der Waals surface area contributed by atoms with Crippen molar-refractivity contribution in [3.8, 4) is 0 Å². The maximum Gasteiger partial charge on any atom is 0.0898 e. The van der Waals surface area contributed by atoms with Crippen LogP contribution >= 0.6 is 0 Å². The molecule has 2 N–H and O–H groups in total. The van der Waals surface area contributed by atoms with E-state index in [0.717, 1.165) is 0 Å². The first-order valence-electron chi connectivity index (χ1n) is 6.58. The Morgan fingerprint density at radius 1 is 1.28 bits per heavy atom. The molecule has 0 saturated carbocycles. The summed E-state index contributed by atoms with van der Waals surface area (Å²) in [6.45, 7) is 9.05. The predicted octanol–water partition coefficient (Wildman–Crippen LogP) is 2.43. The molecule has 1 aromatic rings. The highest BCUT2D eigenvalue weighted by Gasteiger charge is 2.09. The van der Waals surface area contributed by atoms with E-state index < -0.39 is 6.10 Å². The van der Waals surface area contributed by atoms with Crippen molar-refractivity contribution in [2.45, 2.75) is 45.9 Å². The van der Waals surface area contributed by atoms with Gasteiger partial charge in [-0.25, -0.2) is 0 Å². The Morgan fingerprint density at radius 2 is 2.00 bits per heavy atom. The summed E-state index contributed by atoms with van der Waals surface area (Å²) in [6, 6.07) is 8.64. The van der Waals surface area contributed by atoms with Crippen molar-refractivity contribution in [1.82, 2.24) is 5.32 Å². The lowest BCUT2D eigenvalue weighted by molar-refractivity contribution is 0.00560. The van der Waals surface area contributed by atoms with Crippen molar-refractivity contribution in [2.24, 2.45) is 0 Å². The van der Waals surface area contributed by atoms with E-state index in [-0.39, 0.29) is 12.1 Å². The van der Waals surface area contributed by atoms with E-state index in [0.29, 0.717) is 13.2 Å². The monoisotopic (exact) mass is 251 g/mol. The second kappa shape index (κ2) is 7.52. The minimum atomic E-state index is -0.459. The van der Waals surface area contributed by atoms with Crippen LogP contribution in [0.2, 0.25) is 0 Å².